The second-order valence-electron chi connectivity index (χ2n) is 9.56. The maximum atomic E-state index is 4.23. The lowest BCUT2D eigenvalue weighted by Crippen LogP contribution is -1.93. The topological polar surface area (TPSA) is 12.4 Å². The van der Waals surface area contributed by atoms with E-state index >= 15 is 0 Å². The number of fused-ring (bicyclic) bond motifs is 3. The first kappa shape index (κ1) is 25.2. The summed E-state index contributed by atoms with van der Waals surface area (Å²) >= 11 is 0. The standard InChI is InChI=1S/C37H33N/c1-5-12-28(13-6-2)36-32-14-8-10-16-34(32)37(35-17-11-9-15-33(35)36)30-21-19-27-18-20-29(24-31(27)25-30)26(4)22-23-38-7-3/h5-26H,1H2,2-4H3/b13-6-,23-22-,28-12+,38-7?. The lowest BCUT2D eigenvalue weighted by Gasteiger charge is -2.18. The summed E-state index contributed by atoms with van der Waals surface area (Å²) in [5.41, 5.74) is 6.20. The minimum absolute atomic E-state index is 0.286. The van der Waals surface area contributed by atoms with Gasteiger partial charge in [0.15, 0.2) is 0 Å². The van der Waals surface area contributed by atoms with Gasteiger partial charge in [-0.15, -0.1) is 0 Å². The van der Waals surface area contributed by atoms with E-state index in [-0.39, 0.29) is 5.92 Å². The Morgan fingerprint density at radius 3 is 2.08 bits per heavy atom. The van der Waals surface area contributed by atoms with Crippen LogP contribution in [0.4, 0.5) is 0 Å². The summed E-state index contributed by atoms with van der Waals surface area (Å²) in [7, 11) is 0. The minimum Gasteiger partial charge on any atom is -0.270 e. The van der Waals surface area contributed by atoms with Gasteiger partial charge in [-0.05, 0) is 80.1 Å². The molecule has 0 aliphatic heterocycles. The van der Waals surface area contributed by atoms with Gasteiger partial charge in [0.1, 0.15) is 0 Å². The maximum Gasteiger partial charge on any atom is 0.0229 e. The normalized spacial score (nSPS) is 13.5. The van der Waals surface area contributed by atoms with E-state index in [0.29, 0.717) is 0 Å². The van der Waals surface area contributed by atoms with Crippen molar-refractivity contribution in [3.63, 3.8) is 0 Å². The van der Waals surface area contributed by atoms with Gasteiger partial charge in [0.05, 0.1) is 0 Å². The molecule has 1 heteroatoms. The van der Waals surface area contributed by atoms with Crippen molar-refractivity contribution >= 4 is 44.1 Å². The Morgan fingerprint density at radius 2 is 1.45 bits per heavy atom. The molecule has 5 aromatic carbocycles. The molecule has 0 N–H and O–H groups in total. The lowest BCUT2D eigenvalue weighted by atomic mass is 9.85. The Hall–Kier alpha value is -4.49. The third-order valence-electron chi connectivity index (χ3n) is 7.15. The van der Waals surface area contributed by atoms with Gasteiger partial charge in [-0.2, -0.15) is 0 Å². The fourth-order valence-electron chi connectivity index (χ4n) is 5.36. The van der Waals surface area contributed by atoms with Crippen molar-refractivity contribution < 1.29 is 0 Å². The number of hydrogen-bond donors (Lipinski definition) is 0. The molecule has 1 nitrogen and oxygen atoms in total. The average molecular weight is 492 g/mol. The molecule has 0 spiro atoms. The second kappa shape index (κ2) is 11.3. The summed E-state index contributed by atoms with van der Waals surface area (Å²) < 4.78 is 0. The van der Waals surface area contributed by atoms with E-state index < -0.39 is 0 Å². The quantitative estimate of drug-likeness (QED) is 0.122. The van der Waals surface area contributed by atoms with Crippen LogP contribution in [0, 0.1) is 0 Å². The van der Waals surface area contributed by atoms with Crippen LogP contribution in [0.3, 0.4) is 0 Å². The van der Waals surface area contributed by atoms with Crippen molar-refractivity contribution in [1.29, 1.82) is 0 Å². The Bertz CT molecular complexity index is 1700. The Balaban J connectivity index is 1.78. The third-order valence-corrected chi connectivity index (χ3v) is 7.15. The number of allylic oxidation sites excluding steroid dienone is 6. The van der Waals surface area contributed by atoms with Gasteiger partial charge in [-0.3, -0.25) is 4.99 Å². The van der Waals surface area contributed by atoms with Crippen LogP contribution in [0.5, 0.6) is 0 Å². The molecule has 186 valence electrons. The first-order valence-electron chi connectivity index (χ1n) is 13.2. The van der Waals surface area contributed by atoms with E-state index in [2.05, 4.69) is 135 Å². The highest BCUT2D eigenvalue weighted by Crippen LogP contribution is 2.42. The number of benzene rings is 5. The molecule has 0 radical (unpaired) electrons. The maximum absolute atomic E-state index is 4.23. The van der Waals surface area contributed by atoms with Crippen LogP contribution in [0.1, 0.15) is 37.8 Å². The number of rotatable bonds is 7. The molecular weight excluding hydrogens is 458 g/mol. The van der Waals surface area contributed by atoms with Crippen molar-refractivity contribution in [2.45, 2.75) is 26.7 Å². The molecule has 5 rings (SSSR count). The van der Waals surface area contributed by atoms with E-state index in [1.807, 2.05) is 25.4 Å². The lowest BCUT2D eigenvalue weighted by molar-refractivity contribution is 0.966. The van der Waals surface area contributed by atoms with E-state index in [1.54, 1.807) is 0 Å². The van der Waals surface area contributed by atoms with Gasteiger partial charge in [0.25, 0.3) is 0 Å². The molecule has 1 unspecified atom stereocenters. The smallest absolute Gasteiger partial charge is 0.0229 e. The second-order valence-corrected chi connectivity index (χ2v) is 9.56. The van der Waals surface area contributed by atoms with Crippen LogP contribution >= 0.6 is 0 Å². The van der Waals surface area contributed by atoms with E-state index in [4.69, 9.17) is 0 Å². The molecular formula is C37H33N. The number of aliphatic imine (C=N–C) groups is 1. The number of hydrogen-bond acceptors (Lipinski definition) is 1. The average Bonchev–Trinajstić information content (AvgIpc) is 2.95. The van der Waals surface area contributed by atoms with Crippen LogP contribution in [0.15, 0.2) is 133 Å². The zero-order valence-electron chi connectivity index (χ0n) is 22.4. The van der Waals surface area contributed by atoms with Crippen LogP contribution in [-0.4, -0.2) is 6.21 Å². The molecule has 0 aromatic heterocycles. The highest BCUT2D eigenvalue weighted by molar-refractivity contribution is 6.19. The van der Waals surface area contributed by atoms with Crippen molar-refractivity contribution in [3.8, 4) is 11.1 Å². The first-order chi connectivity index (χ1) is 18.7. The van der Waals surface area contributed by atoms with Gasteiger partial charge in [0, 0.05) is 18.3 Å². The molecule has 0 saturated carbocycles. The van der Waals surface area contributed by atoms with Crippen molar-refractivity contribution in [3.05, 3.63) is 139 Å². The SMILES string of the molecule is C=C/C=C(\C=C/C)c1c2ccccc2c(-c2ccc3ccc(C(C)/C=C\N=CC)cc3c2)c2ccccc12. The van der Waals surface area contributed by atoms with E-state index in [1.165, 1.54) is 60.1 Å². The first-order valence-corrected chi connectivity index (χ1v) is 13.2. The predicted molar refractivity (Wildman–Crippen MR) is 169 cm³/mol. The van der Waals surface area contributed by atoms with Gasteiger partial charge < -0.3 is 0 Å². The highest BCUT2D eigenvalue weighted by atomic mass is 14.6. The Morgan fingerprint density at radius 1 is 0.789 bits per heavy atom. The zero-order valence-corrected chi connectivity index (χ0v) is 22.4. The molecule has 0 aliphatic rings. The molecule has 0 amide bonds. The molecule has 38 heavy (non-hydrogen) atoms. The Labute approximate surface area is 225 Å². The zero-order chi connectivity index (χ0) is 26.5. The molecule has 0 heterocycles. The molecule has 0 saturated heterocycles. The van der Waals surface area contributed by atoms with E-state index in [9.17, 15) is 0 Å². The van der Waals surface area contributed by atoms with Gasteiger partial charge in [-0.1, -0.05) is 123 Å². The fraction of sp³-hybridized carbons (Fsp3) is 0.108. The van der Waals surface area contributed by atoms with Crippen LogP contribution in [0.25, 0.3) is 49.0 Å². The van der Waals surface area contributed by atoms with E-state index in [0.717, 1.165) is 0 Å². The van der Waals surface area contributed by atoms with Gasteiger partial charge in [-0.25, -0.2) is 0 Å². The third kappa shape index (κ3) is 4.76. The van der Waals surface area contributed by atoms with Gasteiger partial charge >= 0.3 is 0 Å². The fourth-order valence-corrected chi connectivity index (χ4v) is 5.36. The summed E-state index contributed by atoms with van der Waals surface area (Å²) in [4.78, 5) is 4.23. The van der Waals surface area contributed by atoms with Crippen LogP contribution < -0.4 is 0 Å². The largest absolute Gasteiger partial charge is 0.270 e. The summed E-state index contributed by atoms with van der Waals surface area (Å²) in [5.74, 6) is 0.286. The van der Waals surface area contributed by atoms with Crippen molar-refractivity contribution in [1.82, 2.24) is 0 Å². The summed E-state index contributed by atoms with van der Waals surface area (Å²) in [6, 6.07) is 31.2. The van der Waals surface area contributed by atoms with Crippen molar-refractivity contribution in [2.75, 3.05) is 0 Å². The molecule has 5 aromatic rings. The highest BCUT2D eigenvalue weighted by Gasteiger charge is 2.17. The molecule has 1 atom stereocenters. The molecule has 0 aliphatic carbocycles. The minimum atomic E-state index is 0.286. The monoisotopic (exact) mass is 491 g/mol. The van der Waals surface area contributed by atoms with Crippen molar-refractivity contribution in [2.24, 2.45) is 4.99 Å². The van der Waals surface area contributed by atoms with Crippen LogP contribution in [-0.2, 0) is 0 Å². The van der Waals surface area contributed by atoms with Crippen LogP contribution in [0.2, 0.25) is 0 Å². The Kier molecular flexibility index (Phi) is 7.47. The van der Waals surface area contributed by atoms with Gasteiger partial charge in [0.2, 0.25) is 0 Å². The number of nitrogens with zero attached hydrogens (tertiary/aromatic N) is 1. The predicted octanol–water partition coefficient (Wildman–Crippen LogP) is 10.7. The summed E-state index contributed by atoms with van der Waals surface area (Å²) in [5, 5.41) is 7.50. The molecule has 0 bridgehead atoms. The summed E-state index contributed by atoms with van der Waals surface area (Å²) in [6.07, 6.45) is 14.1. The molecule has 0 fully saturated rings. The summed E-state index contributed by atoms with van der Waals surface area (Å²) in [6.45, 7) is 10.2.